The molecular formula is C19H31IN4O. The van der Waals surface area contributed by atoms with E-state index in [0.29, 0.717) is 12.6 Å². The fourth-order valence-electron chi connectivity index (χ4n) is 3.00. The van der Waals surface area contributed by atoms with Crippen LogP contribution in [0.5, 0.6) is 5.88 Å². The first-order chi connectivity index (χ1) is 11.8. The summed E-state index contributed by atoms with van der Waals surface area (Å²) in [5.74, 6) is 2.48. The van der Waals surface area contributed by atoms with Crippen LogP contribution in [-0.2, 0) is 6.54 Å². The molecule has 0 aliphatic heterocycles. The molecule has 0 bridgehead atoms. The first kappa shape index (κ1) is 20.3. The second-order valence-corrected chi connectivity index (χ2v) is 6.90. The van der Waals surface area contributed by atoms with Gasteiger partial charge in [0, 0.05) is 25.4 Å². The Balaban J connectivity index is 0.00000225. The van der Waals surface area contributed by atoms with Crippen LogP contribution in [0, 0.1) is 5.92 Å². The summed E-state index contributed by atoms with van der Waals surface area (Å²) in [5, 5.41) is 6.71. The van der Waals surface area contributed by atoms with E-state index in [0.717, 1.165) is 49.3 Å². The first-order valence-corrected chi connectivity index (χ1v) is 9.47. The molecule has 1 aromatic rings. The molecule has 3 rings (SSSR count). The molecule has 2 aliphatic rings. The van der Waals surface area contributed by atoms with Crippen molar-refractivity contribution in [3.63, 3.8) is 0 Å². The maximum absolute atomic E-state index is 5.97. The number of guanidine groups is 1. The largest absolute Gasteiger partial charge is 0.474 e. The lowest BCUT2D eigenvalue weighted by Crippen LogP contribution is -2.38. The van der Waals surface area contributed by atoms with Crippen LogP contribution >= 0.6 is 24.0 Å². The summed E-state index contributed by atoms with van der Waals surface area (Å²) >= 11 is 0. The molecule has 0 spiro atoms. The van der Waals surface area contributed by atoms with Crippen molar-refractivity contribution in [2.45, 2.75) is 64.5 Å². The Bertz CT molecular complexity index is 525. The number of halogens is 1. The van der Waals surface area contributed by atoms with Gasteiger partial charge in [0.05, 0.1) is 6.54 Å². The highest BCUT2D eigenvalue weighted by atomic mass is 127. The van der Waals surface area contributed by atoms with E-state index in [1.807, 2.05) is 12.3 Å². The van der Waals surface area contributed by atoms with E-state index in [2.05, 4.69) is 33.6 Å². The van der Waals surface area contributed by atoms with Crippen LogP contribution in [-0.4, -0.2) is 30.1 Å². The molecule has 5 nitrogen and oxygen atoms in total. The van der Waals surface area contributed by atoms with Gasteiger partial charge in [-0.1, -0.05) is 12.5 Å². The average molecular weight is 458 g/mol. The molecule has 0 amide bonds. The summed E-state index contributed by atoms with van der Waals surface area (Å²) in [5.41, 5.74) is 1.11. The molecule has 0 atom stereocenters. The molecule has 0 unspecified atom stereocenters. The summed E-state index contributed by atoms with van der Waals surface area (Å²) in [4.78, 5) is 9.09. The molecule has 2 saturated carbocycles. The standard InChI is InChI=1S/C19H30N4O.HI/c1-2-20-19(22-12-15-8-9-15)23-14-16-10-11-18(21-13-16)24-17-6-4-3-5-7-17;/h10-11,13,15,17H,2-9,12,14H2,1H3,(H2,20,22,23);1H. The Morgan fingerprint density at radius 1 is 1.16 bits per heavy atom. The van der Waals surface area contributed by atoms with Gasteiger partial charge < -0.3 is 15.4 Å². The van der Waals surface area contributed by atoms with Crippen molar-refractivity contribution >= 4 is 29.9 Å². The Labute approximate surface area is 168 Å². The highest BCUT2D eigenvalue weighted by Crippen LogP contribution is 2.27. The molecule has 25 heavy (non-hydrogen) atoms. The third-order valence-electron chi connectivity index (χ3n) is 4.66. The van der Waals surface area contributed by atoms with Gasteiger partial charge >= 0.3 is 0 Å². The van der Waals surface area contributed by atoms with Crippen molar-refractivity contribution in [1.82, 2.24) is 15.6 Å². The number of pyridine rings is 1. The number of rotatable bonds is 7. The smallest absolute Gasteiger partial charge is 0.213 e. The second kappa shape index (κ2) is 10.8. The van der Waals surface area contributed by atoms with Crippen molar-refractivity contribution in [3.05, 3.63) is 23.9 Å². The summed E-state index contributed by atoms with van der Waals surface area (Å²) in [7, 11) is 0. The lowest BCUT2D eigenvalue weighted by atomic mass is 9.98. The van der Waals surface area contributed by atoms with Gasteiger partial charge in [0.2, 0.25) is 5.88 Å². The van der Waals surface area contributed by atoms with Crippen LogP contribution in [0.2, 0.25) is 0 Å². The predicted molar refractivity (Wildman–Crippen MR) is 113 cm³/mol. The summed E-state index contributed by atoms with van der Waals surface area (Å²) in [6, 6.07) is 4.04. The summed E-state index contributed by atoms with van der Waals surface area (Å²) in [6.45, 7) is 4.63. The first-order valence-electron chi connectivity index (χ1n) is 9.47. The van der Waals surface area contributed by atoms with Crippen LogP contribution in [0.25, 0.3) is 0 Å². The molecule has 0 saturated heterocycles. The molecule has 2 fully saturated rings. The van der Waals surface area contributed by atoms with Crippen LogP contribution in [0.4, 0.5) is 0 Å². The number of hydrogen-bond acceptors (Lipinski definition) is 3. The monoisotopic (exact) mass is 458 g/mol. The van der Waals surface area contributed by atoms with E-state index < -0.39 is 0 Å². The molecule has 0 radical (unpaired) electrons. The van der Waals surface area contributed by atoms with Gasteiger partial charge in [-0.15, -0.1) is 24.0 Å². The van der Waals surface area contributed by atoms with Gasteiger partial charge in [0.15, 0.2) is 5.96 Å². The second-order valence-electron chi connectivity index (χ2n) is 6.90. The van der Waals surface area contributed by atoms with Gasteiger partial charge in [-0.3, -0.25) is 0 Å². The highest BCUT2D eigenvalue weighted by molar-refractivity contribution is 14.0. The highest BCUT2D eigenvalue weighted by Gasteiger charge is 2.21. The normalized spacial score (nSPS) is 18.4. The van der Waals surface area contributed by atoms with Gasteiger partial charge in [-0.05, 0) is 56.9 Å². The minimum Gasteiger partial charge on any atom is -0.474 e. The molecule has 1 aromatic heterocycles. The molecular weight excluding hydrogens is 427 g/mol. The minimum absolute atomic E-state index is 0. The van der Waals surface area contributed by atoms with Crippen molar-refractivity contribution in [3.8, 4) is 5.88 Å². The van der Waals surface area contributed by atoms with Gasteiger partial charge in [0.25, 0.3) is 0 Å². The molecule has 2 aliphatic carbocycles. The fraction of sp³-hybridized carbons (Fsp3) is 0.684. The lowest BCUT2D eigenvalue weighted by Gasteiger charge is -2.22. The maximum Gasteiger partial charge on any atom is 0.213 e. The molecule has 140 valence electrons. The van der Waals surface area contributed by atoms with Crippen LogP contribution in [0.3, 0.4) is 0 Å². The molecule has 2 N–H and O–H groups in total. The van der Waals surface area contributed by atoms with Gasteiger partial charge in [-0.2, -0.15) is 0 Å². The number of nitrogens with zero attached hydrogens (tertiary/aromatic N) is 2. The number of nitrogens with one attached hydrogen (secondary N) is 2. The fourth-order valence-corrected chi connectivity index (χ4v) is 3.00. The predicted octanol–water partition coefficient (Wildman–Crippen LogP) is 3.88. The van der Waals surface area contributed by atoms with Crippen molar-refractivity contribution < 1.29 is 4.74 Å². The Morgan fingerprint density at radius 2 is 1.96 bits per heavy atom. The average Bonchev–Trinajstić information content (AvgIpc) is 3.44. The molecule has 6 heteroatoms. The van der Waals surface area contributed by atoms with Crippen LogP contribution < -0.4 is 15.4 Å². The number of ether oxygens (including phenoxy) is 1. The number of hydrogen-bond donors (Lipinski definition) is 2. The third kappa shape index (κ3) is 7.38. The maximum atomic E-state index is 5.97. The van der Waals surface area contributed by atoms with Crippen molar-refractivity contribution in [1.29, 1.82) is 0 Å². The van der Waals surface area contributed by atoms with Crippen molar-refractivity contribution in [2.75, 3.05) is 13.1 Å². The molecule has 1 heterocycles. The van der Waals surface area contributed by atoms with E-state index in [9.17, 15) is 0 Å². The lowest BCUT2D eigenvalue weighted by molar-refractivity contribution is 0.148. The van der Waals surface area contributed by atoms with E-state index in [4.69, 9.17) is 4.74 Å². The SMILES string of the molecule is CCNC(=NCc1ccc(OC2CCCCC2)nc1)NCC1CC1.I. The van der Waals surface area contributed by atoms with Crippen molar-refractivity contribution in [2.24, 2.45) is 10.9 Å². The van der Waals surface area contributed by atoms with E-state index in [-0.39, 0.29) is 24.0 Å². The zero-order valence-electron chi connectivity index (χ0n) is 15.2. The Kier molecular flexibility index (Phi) is 8.78. The zero-order valence-corrected chi connectivity index (χ0v) is 17.5. The van der Waals surface area contributed by atoms with E-state index >= 15 is 0 Å². The van der Waals surface area contributed by atoms with Crippen LogP contribution in [0.1, 0.15) is 57.4 Å². The zero-order chi connectivity index (χ0) is 16.6. The van der Waals surface area contributed by atoms with E-state index in [1.54, 1.807) is 0 Å². The number of aliphatic imine (C=N–C) groups is 1. The summed E-state index contributed by atoms with van der Waals surface area (Å²) in [6.07, 6.45) is 11.1. The quantitative estimate of drug-likeness (QED) is 0.370. The van der Waals surface area contributed by atoms with Gasteiger partial charge in [0.1, 0.15) is 6.10 Å². The Morgan fingerprint density at radius 3 is 2.60 bits per heavy atom. The van der Waals surface area contributed by atoms with Crippen LogP contribution in [0.15, 0.2) is 23.3 Å². The molecule has 0 aromatic carbocycles. The third-order valence-corrected chi connectivity index (χ3v) is 4.66. The van der Waals surface area contributed by atoms with Gasteiger partial charge in [-0.25, -0.2) is 9.98 Å². The topological polar surface area (TPSA) is 58.5 Å². The number of aromatic nitrogens is 1. The Hall–Kier alpha value is -1.05. The summed E-state index contributed by atoms with van der Waals surface area (Å²) < 4.78 is 5.97. The van der Waals surface area contributed by atoms with E-state index in [1.165, 1.54) is 32.1 Å². The minimum atomic E-state index is 0.